The Morgan fingerprint density at radius 3 is 2.62 bits per heavy atom. The molecule has 0 unspecified atom stereocenters. The van der Waals surface area contributed by atoms with Gasteiger partial charge in [-0.05, 0) is 28.4 Å². The number of anilines is 1. The first kappa shape index (κ1) is 16.7. The summed E-state index contributed by atoms with van der Waals surface area (Å²) in [5.74, 6) is -0.0507. The Hall–Kier alpha value is -2.12. The van der Waals surface area contributed by atoms with Gasteiger partial charge in [0.15, 0.2) is 11.5 Å². The zero-order valence-corrected chi connectivity index (χ0v) is 15.5. The third kappa shape index (κ3) is 3.37. The maximum atomic E-state index is 12.4. The number of hydrogen-bond acceptors (Lipinski definition) is 3. The Labute approximate surface area is 152 Å². The number of aromatic nitrogens is 4. The molecule has 1 N–H and O–H groups in total. The summed E-state index contributed by atoms with van der Waals surface area (Å²) in [6.07, 6.45) is 1.68. The molecule has 0 aliphatic carbocycles. The van der Waals surface area contributed by atoms with Gasteiger partial charge in [-0.2, -0.15) is 10.2 Å². The Balaban J connectivity index is 1.78. The molecule has 124 valence electrons. The van der Waals surface area contributed by atoms with Gasteiger partial charge in [0, 0.05) is 13.2 Å². The highest BCUT2D eigenvalue weighted by molar-refractivity contribution is 9.10. The summed E-state index contributed by atoms with van der Waals surface area (Å²) < 4.78 is 3.97. The number of hydrogen-bond donors (Lipinski definition) is 1. The lowest BCUT2D eigenvalue weighted by Crippen LogP contribution is -2.14. The fourth-order valence-corrected chi connectivity index (χ4v) is 2.94. The molecule has 0 aliphatic rings. The minimum atomic E-state index is -0.363. The van der Waals surface area contributed by atoms with E-state index in [0.717, 1.165) is 11.3 Å². The second-order valence-electron chi connectivity index (χ2n) is 5.33. The maximum absolute atomic E-state index is 12.4. The molecule has 1 aromatic carbocycles. The SMILES string of the molecule is Cc1c(Br)c(C(=O)Nc2nn(Cc3ccccc3)cc2Cl)nn1C. The number of carbonyl (C=O) groups excluding carboxylic acids is 1. The quantitative estimate of drug-likeness (QED) is 0.717. The van der Waals surface area contributed by atoms with Crippen molar-refractivity contribution in [1.29, 1.82) is 0 Å². The minimum Gasteiger partial charge on any atom is -0.302 e. The van der Waals surface area contributed by atoms with Gasteiger partial charge in [-0.25, -0.2) is 0 Å². The summed E-state index contributed by atoms with van der Waals surface area (Å²) in [5.41, 5.74) is 2.25. The highest BCUT2D eigenvalue weighted by Crippen LogP contribution is 2.24. The van der Waals surface area contributed by atoms with E-state index in [1.165, 1.54) is 0 Å². The number of aryl methyl sites for hydroxylation is 1. The first-order valence-electron chi connectivity index (χ1n) is 7.23. The van der Waals surface area contributed by atoms with E-state index in [9.17, 15) is 4.79 Å². The number of amides is 1. The molecule has 0 saturated heterocycles. The molecule has 0 saturated carbocycles. The maximum Gasteiger partial charge on any atom is 0.278 e. The van der Waals surface area contributed by atoms with Crippen LogP contribution in [0.25, 0.3) is 0 Å². The van der Waals surface area contributed by atoms with Gasteiger partial charge in [-0.15, -0.1) is 0 Å². The van der Waals surface area contributed by atoms with Crippen LogP contribution in [0.15, 0.2) is 41.0 Å². The third-order valence-electron chi connectivity index (χ3n) is 3.61. The number of carbonyl (C=O) groups is 1. The molecular formula is C16H15BrClN5O. The predicted octanol–water partition coefficient (Wildman–Crippen LogP) is 3.64. The first-order valence-corrected chi connectivity index (χ1v) is 8.40. The van der Waals surface area contributed by atoms with E-state index in [-0.39, 0.29) is 5.91 Å². The third-order valence-corrected chi connectivity index (χ3v) is 4.84. The summed E-state index contributed by atoms with van der Waals surface area (Å²) in [4.78, 5) is 12.4. The number of rotatable bonds is 4. The molecule has 0 radical (unpaired) electrons. The van der Waals surface area contributed by atoms with Crippen LogP contribution in [0.4, 0.5) is 5.82 Å². The summed E-state index contributed by atoms with van der Waals surface area (Å²) in [6, 6.07) is 9.88. The number of nitrogens with one attached hydrogen (secondary N) is 1. The largest absolute Gasteiger partial charge is 0.302 e. The topological polar surface area (TPSA) is 64.7 Å². The molecule has 0 spiro atoms. The van der Waals surface area contributed by atoms with E-state index in [0.29, 0.717) is 27.6 Å². The van der Waals surface area contributed by atoms with Crippen LogP contribution in [0.1, 0.15) is 21.7 Å². The molecule has 6 nitrogen and oxygen atoms in total. The second-order valence-corrected chi connectivity index (χ2v) is 6.53. The van der Waals surface area contributed by atoms with Crippen molar-refractivity contribution in [3.8, 4) is 0 Å². The average molecular weight is 409 g/mol. The van der Waals surface area contributed by atoms with Gasteiger partial charge in [0.1, 0.15) is 5.02 Å². The van der Waals surface area contributed by atoms with Gasteiger partial charge < -0.3 is 5.32 Å². The van der Waals surface area contributed by atoms with Crippen molar-refractivity contribution in [2.75, 3.05) is 5.32 Å². The lowest BCUT2D eigenvalue weighted by molar-refractivity contribution is 0.102. The van der Waals surface area contributed by atoms with Crippen LogP contribution in [-0.2, 0) is 13.6 Å². The van der Waals surface area contributed by atoms with Crippen LogP contribution in [0.5, 0.6) is 0 Å². The zero-order valence-electron chi connectivity index (χ0n) is 13.1. The van der Waals surface area contributed by atoms with E-state index in [2.05, 4.69) is 31.4 Å². The van der Waals surface area contributed by atoms with Crippen molar-refractivity contribution in [3.05, 3.63) is 63.0 Å². The van der Waals surface area contributed by atoms with Crippen molar-refractivity contribution < 1.29 is 4.79 Å². The summed E-state index contributed by atoms with van der Waals surface area (Å²) in [6.45, 7) is 2.44. The second kappa shape index (κ2) is 6.78. The van der Waals surface area contributed by atoms with Gasteiger partial charge >= 0.3 is 0 Å². The Morgan fingerprint density at radius 2 is 2.00 bits per heavy atom. The van der Waals surface area contributed by atoms with Gasteiger partial charge in [-0.3, -0.25) is 14.2 Å². The van der Waals surface area contributed by atoms with Crippen LogP contribution in [0.2, 0.25) is 5.02 Å². The number of nitrogens with zero attached hydrogens (tertiary/aromatic N) is 4. The average Bonchev–Trinajstić information content (AvgIpc) is 3.02. The normalized spacial score (nSPS) is 10.8. The summed E-state index contributed by atoms with van der Waals surface area (Å²) in [5, 5.41) is 11.6. The molecule has 0 bridgehead atoms. The van der Waals surface area contributed by atoms with Crippen molar-refractivity contribution in [3.63, 3.8) is 0 Å². The Bertz CT molecular complexity index is 888. The Kier molecular flexibility index (Phi) is 4.73. The van der Waals surface area contributed by atoms with E-state index in [4.69, 9.17) is 11.6 Å². The summed E-state index contributed by atoms with van der Waals surface area (Å²) in [7, 11) is 1.78. The van der Waals surface area contributed by atoms with Crippen LogP contribution < -0.4 is 5.32 Å². The molecule has 0 aliphatic heterocycles. The van der Waals surface area contributed by atoms with E-state index in [1.807, 2.05) is 37.3 Å². The zero-order chi connectivity index (χ0) is 17.3. The van der Waals surface area contributed by atoms with Crippen LogP contribution >= 0.6 is 27.5 Å². The van der Waals surface area contributed by atoms with Gasteiger partial charge in [-0.1, -0.05) is 41.9 Å². The molecule has 2 heterocycles. The molecule has 1 amide bonds. The molecule has 8 heteroatoms. The van der Waals surface area contributed by atoms with E-state index in [1.54, 1.807) is 22.6 Å². The highest BCUT2D eigenvalue weighted by atomic mass is 79.9. The monoisotopic (exact) mass is 407 g/mol. The van der Waals surface area contributed by atoms with Crippen molar-refractivity contribution in [2.45, 2.75) is 13.5 Å². The molecule has 3 aromatic rings. The number of halogens is 2. The minimum absolute atomic E-state index is 0.295. The van der Waals surface area contributed by atoms with E-state index >= 15 is 0 Å². The predicted molar refractivity (Wildman–Crippen MR) is 96.4 cm³/mol. The van der Waals surface area contributed by atoms with E-state index < -0.39 is 0 Å². The highest BCUT2D eigenvalue weighted by Gasteiger charge is 2.20. The lowest BCUT2D eigenvalue weighted by Gasteiger charge is -2.02. The van der Waals surface area contributed by atoms with Crippen molar-refractivity contribution in [1.82, 2.24) is 19.6 Å². The van der Waals surface area contributed by atoms with Crippen molar-refractivity contribution in [2.24, 2.45) is 7.05 Å². The fourth-order valence-electron chi connectivity index (χ4n) is 2.23. The lowest BCUT2D eigenvalue weighted by atomic mass is 10.2. The van der Waals surface area contributed by atoms with Crippen LogP contribution in [0.3, 0.4) is 0 Å². The van der Waals surface area contributed by atoms with Crippen LogP contribution in [0, 0.1) is 6.92 Å². The number of benzene rings is 1. The molecule has 0 atom stereocenters. The van der Waals surface area contributed by atoms with Gasteiger partial charge in [0.2, 0.25) is 0 Å². The molecular weight excluding hydrogens is 394 g/mol. The smallest absolute Gasteiger partial charge is 0.278 e. The standard InChI is InChI=1S/C16H15BrClN5O/c1-10-13(17)14(20-22(10)2)16(24)19-15-12(18)9-23(21-15)8-11-6-4-3-5-7-11/h3-7,9H,8H2,1-2H3,(H,19,21,24). The molecule has 24 heavy (non-hydrogen) atoms. The van der Waals surface area contributed by atoms with Gasteiger partial charge in [0.25, 0.3) is 5.91 Å². The Morgan fingerprint density at radius 1 is 1.29 bits per heavy atom. The molecule has 2 aromatic heterocycles. The molecule has 0 fully saturated rings. The first-order chi connectivity index (χ1) is 11.5. The summed E-state index contributed by atoms with van der Waals surface area (Å²) >= 11 is 9.56. The van der Waals surface area contributed by atoms with Crippen molar-refractivity contribution >= 4 is 39.3 Å². The van der Waals surface area contributed by atoms with Gasteiger partial charge in [0.05, 0.1) is 16.7 Å². The molecule has 3 rings (SSSR count). The fraction of sp³-hybridized carbons (Fsp3) is 0.188. The van der Waals surface area contributed by atoms with Crippen LogP contribution in [-0.4, -0.2) is 25.5 Å².